The Bertz CT molecular complexity index is 700. The van der Waals surface area contributed by atoms with Gasteiger partial charge in [0.05, 0.1) is 11.7 Å². The highest BCUT2D eigenvalue weighted by Gasteiger charge is 2.53. The maximum absolute atomic E-state index is 13.4. The van der Waals surface area contributed by atoms with Crippen molar-refractivity contribution in [3.8, 4) is 0 Å². The number of nitrogens with one attached hydrogen (secondary N) is 2. The third-order valence-corrected chi connectivity index (χ3v) is 6.80. The predicted octanol–water partition coefficient (Wildman–Crippen LogP) is 3.15. The lowest BCUT2D eigenvalue weighted by atomic mass is 9.93. The standard InChI is InChI=1S/C23H36N4OS/c1-5-24-22(29)26-15-13-23(14-16-26)25-20(17(2)3)21(28)27(23)18(4)11-12-19-9-7-6-8-10-19/h6-10,17-18,20,25H,5,11-16H2,1-4H3,(H,24,29)/t18-,20+/m0/s1. The van der Waals surface area contributed by atoms with Crippen LogP contribution in [-0.4, -0.2) is 58.2 Å². The zero-order valence-corrected chi connectivity index (χ0v) is 19.1. The van der Waals surface area contributed by atoms with Crippen molar-refractivity contribution >= 4 is 23.2 Å². The maximum atomic E-state index is 13.4. The normalized spacial score (nSPS) is 22.4. The van der Waals surface area contributed by atoms with Crippen LogP contribution in [0.5, 0.6) is 0 Å². The molecule has 2 aliphatic rings. The van der Waals surface area contributed by atoms with Gasteiger partial charge in [0, 0.05) is 38.5 Å². The van der Waals surface area contributed by atoms with Crippen LogP contribution < -0.4 is 10.6 Å². The van der Waals surface area contributed by atoms with E-state index in [0.29, 0.717) is 0 Å². The van der Waals surface area contributed by atoms with Crippen molar-refractivity contribution in [2.45, 2.75) is 71.1 Å². The molecule has 0 aliphatic carbocycles. The van der Waals surface area contributed by atoms with Crippen molar-refractivity contribution in [3.63, 3.8) is 0 Å². The molecule has 2 atom stereocenters. The molecule has 0 saturated carbocycles. The summed E-state index contributed by atoms with van der Waals surface area (Å²) in [6.07, 6.45) is 3.78. The van der Waals surface area contributed by atoms with Gasteiger partial charge in [-0.05, 0) is 50.4 Å². The lowest BCUT2D eigenvalue weighted by molar-refractivity contribution is -0.136. The third-order valence-electron chi connectivity index (χ3n) is 6.40. The molecule has 0 radical (unpaired) electrons. The number of hydrogen-bond acceptors (Lipinski definition) is 3. The molecule has 2 N–H and O–H groups in total. The topological polar surface area (TPSA) is 47.6 Å². The minimum Gasteiger partial charge on any atom is -0.363 e. The number of thiocarbonyl (C=S) groups is 1. The summed E-state index contributed by atoms with van der Waals surface area (Å²) >= 11 is 5.51. The Hall–Kier alpha value is -1.66. The second-order valence-electron chi connectivity index (χ2n) is 8.80. The van der Waals surface area contributed by atoms with Gasteiger partial charge in [0.2, 0.25) is 5.91 Å². The van der Waals surface area contributed by atoms with Gasteiger partial charge < -0.3 is 15.1 Å². The largest absolute Gasteiger partial charge is 0.363 e. The van der Waals surface area contributed by atoms with E-state index in [4.69, 9.17) is 12.2 Å². The number of carbonyl (C=O) groups excluding carboxylic acids is 1. The Morgan fingerprint density at radius 3 is 2.48 bits per heavy atom. The van der Waals surface area contributed by atoms with Crippen LogP contribution in [0.1, 0.15) is 52.5 Å². The fraction of sp³-hybridized carbons (Fsp3) is 0.652. The van der Waals surface area contributed by atoms with Crippen LogP contribution in [0, 0.1) is 5.92 Å². The second kappa shape index (κ2) is 9.43. The van der Waals surface area contributed by atoms with E-state index >= 15 is 0 Å². The summed E-state index contributed by atoms with van der Waals surface area (Å²) in [7, 11) is 0. The van der Waals surface area contributed by atoms with Crippen molar-refractivity contribution in [1.82, 2.24) is 20.4 Å². The van der Waals surface area contributed by atoms with Crippen LogP contribution in [0.25, 0.3) is 0 Å². The molecule has 160 valence electrons. The number of amides is 1. The van der Waals surface area contributed by atoms with E-state index in [1.807, 2.05) is 0 Å². The number of piperidine rings is 1. The lowest BCUT2D eigenvalue weighted by Crippen LogP contribution is -2.62. The minimum atomic E-state index is -0.250. The van der Waals surface area contributed by atoms with Crippen molar-refractivity contribution in [1.29, 1.82) is 0 Å². The summed E-state index contributed by atoms with van der Waals surface area (Å²) in [5.74, 6) is 0.551. The first-order valence-corrected chi connectivity index (χ1v) is 11.5. The van der Waals surface area contributed by atoms with E-state index < -0.39 is 0 Å². The number of nitrogens with zero attached hydrogens (tertiary/aromatic N) is 2. The molecule has 0 unspecified atom stereocenters. The highest BCUT2D eigenvalue weighted by molar-refractivity contribution is 7.80. The Kier molecular flexibility index (Phi) is 7.17. The first-order valence-electron chi connectivity index (χ1n) is 11.1. The number of rotatable bonds is 6. The van der Waals surface area contributed by atoms with E-state index in [1.165, 1.54) is 5.56 Å². The third kappa shape index (κ3) is 4.75. The van der Waals surface area contributed by atoms with Gasteiger partial charge >= 0.3 is 0 Å². The van der Waals surface area contributed by atoms with E-state index in [2.05, 4.69) is 78.5 Å². The summed E-state index contributed by atoms with van der Waals surface area (Å²) in [5.41, 5.74) is 1.08. The summed E-state index contributed by atoms with van der Waals surface area (Å²) in [6.45, 7) is 11.1. The molecule has 2 saturated heterocycles. The molecular formula is C23H36N4OS. The van der Waals surface area contributed by atoms with Crippen molar-refractivity contribution in [3.05, 3.63) is 35.9 Å². The lowest BCUT2D eigenvalue weighted by Gasteiger charge is -2.47. The van der Waals surface area contributed by atoms with Gasteiger partial charge in [-0.3, -0.25) is 10.1 Å². The van der Waals surface area contributed by atoms with Crippen LogP contribution in [0.15, 0.2) is 30.3 Å². The van der Waals surface area contributed by atoms with Crippen molar-refractivity contribution in [2.75, 3.05) is 19.6 Å². The van der Waals surface area contributed by atoms with Crippen molar-refractivity contribution < 1.29 is 4.79 Å². The second-order valence-corrected chi connectivity index (χ2v) is 9.19. The Morgan fingerprint density at radius 2 is 1.90 bits per heavy atom. The monoisotopic (exact) mass is 416 g/mol. The van der Waals surface area contributed by atoms with E-state index in [-0.39, 0.29) is 29.6 Å². The average Bonchev–Trinajstić information content (AvgIpc) is 3.00. The number of benzene rings is 1. The molecule has 2 fully saturated rings. The van der Waals surface area contributed by atoms with E-state index in [0.717, 1.165) is 50.4 Å². The Labute approximate surface area is 181 Å². The number of likely N-dealkylation sites (tertiary alicyclic amines) is 1. The molecule has 1 spiro atoms. The molecule has 1 amide bonds. The number of aryl methyl sites for hydroxylation is 1. The highest BCUT2D eigenvalue weighted by atomic mass is 32.1. The van der Waals surface area contributed by atoms with E-state index in [9.17, 15) is 4.79 Å². The van der Waals surface area contributed by atoms with Crippen LogP contribution in [0.2, 0.25) is 0 Å². The molecule has 0 bridgehead atoms. The van der Waals surface area contributed by atoms with Crippen LogP contribution in [0.3, 0.4) is 0 Å². The maximum Gasteiger partial charge on any atom is 0.241 e. The van der Waals surface area contributed by atoms with Gasteiger partial charge in [-0.15, -0.1) is 0 Å². The fourth-order valence-electron chi connectivity index (χ4n) is 4.75. The fourth-order valence-corrected chi connectivity index (χ4v) is 5.08. The minimum absolute atomic E-state index is 0.0959. The molecule has 1 aromatic rings. The van der Waals surface area contributed by atoms with Crippen molar-refractivity contribution in [2.24, 2.45) is 5.92 Å². The Morgan fingerprint density at radius 1 is 1.24 bits per heavy atom. The molecule has 29 heavy (non-hydrogen) atoms. The number of carbonyl (C=O) groups is 1. The predicted molar refractivity (Wildman–Crippen MR) is 123 cm³/mol. The van der Waals surface area contributed by atoms with Gasteiger partial charge in [-0.25, -0.2) is 0 Å². The zero-order valence-electron chi connectivity index (χ0n) is 18.3. The molecule has 3 rings (SSSR count). The van der Waals surface area contributed by atoms with Gasteiger partial charge in [-0.2, -0.15) is 0 Å². The smallest absolute Gasteiger partial charge is 0.241 e. The summed E-state index contributed by atoms with van der Waals surface area (Å²) < 4.78 is 0. The zero-order chi connectivity index (χ0) is 21.0. The molecular weight excluding hydrogens is 380 g/mol. The van der Waals surface area contributed by atoms with Gasteiger partial charge in [-0.1, -0.05) is 44.2 Å². The summed E-state index contributed by atoms with van der Waals surface area (Å²) in [4.78, 5) is 17.8. The molecule has 0 aromatic heterocycles. The van der Waals surface area contributed by atoms with Crippen LogP contribution >= 0.6 is 12.2 Å². The van der Waals surface area contributed by atoms with Crippen LogP contribution in [-0.2, 0) is 11.2 Å². The molecule has 2 heterocycles. The Balaban J connectivity index is 1.73. The average molecular weight is 417 g/mol. The highest BCUT2D eigenvalue weighted by Crippen LogP contribution is 2.36. The first kappa shape index (κ1) is 22.0. The van der Waals surface area contributed by atoms with Gasteiger partial charge in [0.25, 0.3) is 0 Å². The molecule has 6 heteroatoms. The summed E-state index contributed by atoms with van der Waals surface area (Å²) in [5, 5.41) is 7.85. The molecule has 5 nitrogen and oxygen atoms in total. The number of hydrogen-bond donors (Lipinski definition) is 2. The van der Waals surface area contributed by atoms with Gasteiger partial charge in [0.1, 0.15) is 0 Å². The quantitative estimate of drug-likeness (QED) is 0.698. The van der Waals surface area contributed by atoms with E-state index in [1.54, 1.807) is 0 Å². The summed E-state index contributed by atoms with van der Waals surface area (Å²) in [6, 6.07) is 10.7. The molecule has 1 aromatic carbocycles. The SMILES string of the molecule is CCNC(=S)N1CCC2(CC1)N[C@H](C(C)C)C(=O)N2[C@@H](C)CCc1ccccc1. The first-order chi connectivity index (χ1) is 13.9. The van der Waals surface area contributed by atoms with Crippen LogP contribution in [0.4, 0.5) is 0 Å². The van der Waals surface area contributed by atoms with Gasteiger partial charge in [0.15, 0.2) is 5.11 Å². The molecule has 2 aliphatic heterocycles.